The lowest BCUT2D eigenvalue weighted by molar-refractivity contribution is -0.136. The van der Waals surface area contributed by atoms with Crippen LogP contribution in [0.15, 0.2) is 52.0 Å². The maximum Gasteiger partial charge on any atom is 0.329 e. The molecule has 0 atom stereocenters. The van der Waals surface area contributed by atoms with Gasteiger partial charge in [0.25, 0.3) is 0 Å². The number of halogens is 2. The lowest BCUT2D eigenvalue weighted by atomic mass is 10.2. The molecule has 0 bridgehead atoms. The summed E-state index contributed by atoms with van der Waals surface area (Å²) in [6.45, 7) is 0. The minimum Gasteiger partial charge on any atom is -0.496 e. The first-order valence-corrected chi connectivity index (χ1v) is 7.90. The van der Waals surface area contributed by atoms with E-state index in [1.807, 2.05) is 6.07 Å². The van der Waals surface area contributed by atoms with Crippen LogP contribution in [0.2, 0.25) is 5.02 Å². The van der Waals surface area contributed by atoms with E-state index in [2.05, 4.69) is 31.8 Å². The Morgan fingerprint density at radius 3 is 2.71 bits per heavy atom. The number of rotatable bonds is 4. The summed E-state index contributed by atoms with van der Waals surface area (Å²) in [4.78, 5) is 23.5. The third-order valence-corrected chi connectivity index (χ3v) is 3.58. The van der Waals surface area contributed by atoms with Crippen molar-refractivity contribution in [2.45, 2.75) is 0 Å². The molecule has 0 aliphatic heterocycles. The van der Waals surface area contributed by atoms with Crippen LogP contribution >= 0.6 is 27.5 Å². The first-order chi connectivity index (χ1) is 11.5. The predicted octanol–water partition coefficient (Wildman–Crippen LogP) is 3.20. The molecule has 0 fully saturated rings. The van der Waals surface area contributed by atoms with E-state index in [-0.39, 0.29) is 0 Å². The van der Waals surface area contributed by atoms with Crippen LogP contribution in [-0.2, 0) is 9.59 Å². The number of amides is 2. The van der Waals surface area contributed by atoms with Crippen LogP contribution in [-0.4, -0.2) is 25.1 Å². The Labute approximate surface area is 152 Å². The van der Waals surface area contributed by atoms with Crippen molar-refractivity contribution in [3.8, 4) is 5.75 Å². The van der Waals surface area contributed by atoms with E-state index < -0.39 is 11.8 Å². The quantitative estimate of drug-likeness (QED) is 0.461. The van der Waals surface area contributed by atoms with Gasteiger partial charge in [-0.2, -0.15) is 5.10 Å². The first kappa shape index (κ1) is 18.0. The third-order valence-electron chi connectivity index (χ3n) is 2.85. The fourth-order valence-electron chi connectivity index (χ4n) is 1.77. The second-order valence-electron chi connectivity index (χ2n) is 4.55. The standard InChI is InChI=1S/C16H13BrClN3O3/c1-24-14-6-5-11(17)7-10(14)9-19-21-16(23)15(22)20-13-4-2-3-12(18)8-13/h2-9H,1H3,(H,20,22)(H,21,23). The fraction of sp³-hybridized carbons (Fsp3) is 0.0625. The lowest BCUT2D eigenvalue weighted by Gasteiger charge is -2.05. The number of ether oxygens (including phenoxy) is 1. The van der Waals surface area contributed by atoms with E-state index >= 15 is 0 Å². The molecule has 2 aromatic rings. The molecule has 0 radical (unpaired) electrons. The molecule has 2 aromatic carbocycles. The highest BCUT2D eigenvalue weighted by Gasteiger charge is 2.13. The Hall–Kier alpha value is -2.38. The molecule has 2 amide bonds. The van der Waals surface area contributed by atoms with Gasteiger partial charge in [-0.1, -0.05) is 33.6 Å². The summed E-state index contributed by atoms with van der Waals surface area (Å²) in [5.41, 5.74) is 3.21. The molecule has 2 N–H and O–H groups in total. The van der Waals surface area contributed by atoms with Crippen molar-refractivity contribution < 1.29 is 14.3 Å². The Kier molecular flexibility index (Phi) is 6.34. The number of benzene rings is 2. The fourth-order valence-corrected chi connectivity index (χ4v) is 2.34. The Balaban J connectivity index is 1.97. The van der Waals surface area contributed by atoms with Gasteiger partial charge in [0.15, 0.2) is 0 Å². The highest BCUT2D eigenvalue weighted by atomic mass is 79.9. The maximum atomic E-state index is 11.8. The summed E-state index contributed by atoms with van der Waals surface area (Å²) >= 11 is 9.14. The largest absolute Gasteiger partial charge is 0.496 e. The van der Waals surface area contributed by atoms with Gasteiger partial charge in [-0.25, -0.2) is 5.43 Å². The average Bonchev–Trinajstić information content (AvgIpc) is 2.55. The lowest BCUT2D eigenvalue weighted by Crippen LogP contribution is -2.32. The van der Waals surface area contributed by atoms with Crippen LogP contribution in [0.3, 0.4) is 0 Å². The van der Waals surface area contributed by atoms with Gasteiger partial charge in [-0.15, -0.1) is 0 Å². The summed E-state index contributed by atoms with van der Waals surface area (Å²) in [6.07, 6.45) is 1.38. The van der Waals surface area contributed by atoms with Crippen molar-refractivity contribution in [2.24, 2.45) is 5.10 Å². The number of carbonyl (C=O) groups excluding carboxylic acids is 2. The molecule has 24 heavy (non-hydrogen) atoms. The highest BCUT2D eigenvalue weighted by molar-refractivity contribution is 9.10. The SMILES string of the molecule is COc1ccc(Br)cc1C=NNC(=O)C(=O)Nc1cccc(Cl)c1. The van der Waals surface area contributed by atoms with E-state index in [0.717, 1.165) is 4.47 Å². The smallest absolute Gasteiger partial charge is 0.329 e. The van der Waals surface area contributed by atoms with Crippen LogP contribution < -0.4 is 15.5 Å². The first-order valence-electron chi connectivity index (χ1n) is 6.73. The average molecular weight is 411 g/mol. The van der Waals surface area contributed by atoms with E-state index in [1.54, 1.807) is 30.3 Å². The predicted molar refractivity (Wildman–Crippen MR) is 96.5 cm³/mol. The van der Waals surface area contributed by atoms with Crippen molar-refractivity contribution in [3.05, 3.63) is 57.5 Å². The van der Waals surface area contributed by atoms with Gasteiger partial charge in [-0.3, -0.25) is 9.59 Å². The number of hydrazone groups is 1. The Morgan fingerprint density at radius 1 is 1.21 bits per heavy atom. The van der Waals surface area contributed by atoms with Crippen LogP contribution in [0.1, 0.15) is 5.56 Å². The monoisotopic (exact) mass is 409 g/mol. The summed E-state index contributed by atoms with van der Waals surface area (Å²) in [6, 6.07) is 11.8. The molecule has 2 rings (SSSR count). The van der Waals surface area contributed by atoms with Crippen LogP contribution in [0, 0.1) is 0 Å². The van der Waals surface area contributed by atoms with Crippen molar-refractivity contribution in [1.82, 2.24) is 5.43 Å². The summed E-state index contributed by atoms with van der Waals surface area (Å²) in [5.74, 6) is -1.17. The number of hydrogen-bond acceptors (Lipinski definition) is 4. The van der Waals surface area contributed by atoms with Crippen molar-refractivity contribution >= 4 is 51.2 Å². The van der Waals surface area contributed by atoms with E-state index in [0.29, 0.717) is 22.0 Å². The number of nitrogens with one attached hydrogen (secondary N) is 2. The van der Waals surface area contributed by atoms with Crippen molar-refractivity contribution in [1.29, 1.82) is 0 Å². The molecule has 0 saturated carbocycles. The topological polar surface area (TPSA) is 79.8 Å². The summed E-state index contributed by atoms with van der Waals surface area (Å²) in [5, 5.41) is 6.63. The number of anilines is 1. The molecule has 0 aliphatic carbocycles. The van der Waals surface area contributed by atoms with E-state index in [9.17, 15) is 9.59 Å². The third kappa shape index (κ3) is 5.07. The zero-order valence-electron chi connectivity index (χ0n) is 12.5. The van der Waals surface area contributed by atoms with Gasteiger partial charge in [0.05, 0.1) is 13.3 Å². The molecule has 0 aromatic heterocycles. The van der Waals surface area contributed by atoms with Crippen LogP contribution in [0.5, 0.6) is 5.75 Å². The van der Waals surface area contributed by atoms with Crippen LogP contribution in [0.4, 0.5) is 5.69 Å². The number of nitrogens with zero attached hydrogens (tertiary/aromatic N) is 1. The van der Waals surface area contributed by atoms with Gasteiger partial charge < -0.3 is 10.1 Å². The molecule has 0 spiro atoms. The van der Waals surface area contributed by atoms with E-state index in [4.69, 9.17) is 16.3 Å². The molecule has 6 nitrogen and oxygen atoms in total. The van der Waals surface area contributed by atoms with Crippen molar-refractivity contribution in [2.75, 3.05) is 12.4 Å². The number of hydrogen-bond donors (Lipinski definition) is 2. The molecule has 0 saturated heterocycles. The minimum absolute atomic E-state index is 0.417. The van der Waals surface area contributed by atoms with Gasteiger partial charge in [0, 0.05) is 20.7 Å². The molecular weight excluding hydrogens is 398 g/mol. The van der Waals surface area contributed by atoms with Crippen LogP contribution in [0.25, 0.3) is 0 Å². The molecule has 0 unspecified atom stereocenters. The zero-order valence-corrected chi connectivity index (χ0v) is 14.9. The number of methoxy groups -OCH3 is 1. The van der Waals surface area contributed by atoms with Gasteiger partial charge >= 0.3 is 11.8 Å². The van der Waals surface area contributed by atoms with Gasteiger partial charge in [0.2, 0.25) is 0 Å². The minimum atomic E-state index is -0.903. The second kappa shape index (κ2) is 8.47. The summed E-state index contributed by atoms with van der Waals surface area (Å²) in [7, 11) is 1.53. The molecule has 0 aliphatic rings. The molecule has 124 valence electrons. The van der Waals surface area contributed by atoms with Gasteiger partial charge in [0.1, 0.15) is 5.75 Å². The van der Waals surface area contributed by atoms with Crippen molar-refractivity contribution in [3.63, 3.8) is 0 Å². The summed E-state index contributed by atoms with van der Waals surface area (Å²) < 4.78 is 6.01. The molecule has 8 heteroatoms. The molecule has 0 heterocycles. The normalized spacial score (nSPS) is 10.5. The zero-order chi connectivity index (χ0) is 17.5. The Bertz CT molecular complexity index is 796. The van der Waals surface area contributed by atoms with E-state index in [1.165, 1.54) is 19.4 Å². The highest BCUT2D eigenvalue weighted by Crippen LogP contribution is 2.21. The number of carbonyl (C=O) groups is 2. The Morgan fingerprint density at radius 2 is 2.00 bits per heavy atom. The maximum absolute atomic E-state index is 11.8. The van der Waals surface area contributed by atoms with Gasteiger partial charge in [-0.05, 0) is 36.4 Å². The molecular formula is C16H13BrClN3O3. The second-order valence-corrected chi connectivity index (χ2v) is 5.90.